The Kier molecular flexibility index (Phi) is 7.99. The molecule has 2 aliphatic rings. The van der Waals surface area contributed by atoms with Crippen LogP contribution in [0.25, 0.3) is 0 Å². The third-order valence-electron chi connectivity index (χ3n) is 8.54. The van der Waals surface area contributed by atoms with Crippen LogP contribution in [0, 0.1) is 5.92 Å². The molecule has 0 bridgehead atoms. The number of unbranched alkanes of at least 4 members (excludes halogenated alkanes) is 1. The van der Waals surface area contributed by atoms with Crippen LogP contribution in [-0.4, -0.2) is 30.6 Å². The first-order valence-corrected chi connectivity index (χ1v) is 17.2. The van der Waals surface area contributed by atoms with Crippen LogP contribution >= 0.6 is 11.8 Å². The molecular weight excluding hydrogens is 472 g/mol. The molecule has 0 N–H and O–H groups in total. The van der Waals surface area contributed by atoms with Crippen LogP contribution in [0.3, 0.4) is 0 Å². The summed E-state index contributed by atoms with van der Waals surface area (Å²) in [5, 5.41) is 0.193. The molecule has 1 saturated carbocycles. The van der Waals surface area contributed by atoms with Gasteiger partial charge in [-0.1, -0.05) is 45.9 Å². The van der Waals surface area contributed by atoms with E-state index in [1.54, 1.807) is 0 Å². The van der Waals surface area contributed by atoms with Gasteiger partial charge in [0.15, 0.2) is 5.12 Å². The Morgan fingerprint density at radius 3 is 2.46 bits per heavy atom. The largest absolute Gasteiger partial charge is 0.543 e. The molecule has 1 aromatic carbocycles. The molecule has 0 unspecified atom stereocenters. The second kappa shape index (κ2) is 9.89. The second-order valence-electron chi connectivity index (χ2n) is 13.1. The summed E-state index contributed by atoms with van der Waals surface area (Å²) in [4.78, 5) is 25.9. The zero-order valence-corrected chi connectivity index (χ0v) is 25.4. The quantitative estimate of drug-likeness (QED) is 0.270. The van der Waals surface area contributed by atoms with Crippen LogP contribution in [0.4, 0.5) is 0 Å². The molecule has 0 radical (unpaired) electrons. The van der Waals surface area contributed by atoms with Crippen LogP contribution in [0.15, 0.2) is 12.1 Å². The maximum atomic E-state index is 13.3. The van der Waals surface area contributed by atoms with E-state index in [9.17, 15) is 9.59 Å². The zero-order valence-electron chi connectivity index (χ0n) is 23.6. The lowest BCUT2D eigenvalue weighted by molar-refractivity contribution is -0.124. The number of hydrogen-bond acceptors (Lipinski definition) is 5. The molecule has 0 amide bonds. The predicted molar refractivity (Wildman–Crippen MR) is 149 cm³/mol. The average Bonchev–Trinajstić information content (AvgIpc) is 2.71. The first-order valence-electron chi connectivity index (χ1n) is 13.3. The van der Waals surface area contributed by atoms with Crippen molar-refractivity contribution in [3.8, 4) is 11.5 Å². The fourth-order valence-corrected chi connectivity index (χ4v) is 7.16. The Labute approximate surface area is 218 Å². The topological polar surface area (TPSA) is 52.6 Å². The summed E-state index contributed by atoms with van der Waals surface area (Å²) in [5.74, 6) is 3.12. The highest BCUT2D eigenvalue weighted by atomic mass is 32.2. The van der Waals surface area contributed by atoms with Gasteiger partial charge in [-0.3, -0.25) is 9.59 Å². The molecule has 1 aromatic rings. The number of Topliss-reactive ketones (excluding diaryl/α,β-unsaturated/α-hetero) is 1. The third kappa shape index (κ3) is 5.68. The van der Waals surface area contributed by atoms with Gasteiger partial charge in [-0.05, 0) is 76.4 Å². The Morgan fingerprint density at radius 1 is 1.20 bits per heavy atom. The van der Waals surface area contributed by atoms with Gasteiger partial charge in [0, 0.05) is 36.0 Å². The number of rotatable bonds is 7. The molecule has 0 saturated heterocycles. The van der Waals surface area contributed by atoms with Gasteiger partial charge in [-0.15, -0.1) is 0 Å². The molecule has 0 spiro atoms. The number of hydrogen-bond donors (Lipinski definition) is 0. The molecule has 1 aliphatic heterocycles. The monoisotopic (exact) mass is 518 g/mol. The zero-order chi connectivity index (χ0) is 26.4. The van der Waals surface area contributed by atoms with Crippen LogP contribution in [0.5, 0.6) is 11.5 Å². The maximum Gasteiger partial charge on any atom is 0.250 e. The summed E-state index contributed by atoms with van der Waals surface area (Å²) < 4.78 is 13.6. The number of ether oxygens (including phenoxy) is 1. The van der Waals surface area contributed by atoms with Crippen LogP contribution in [0.1, 0.15) is 105 Å². The predicted octanol–water partition coefficient (Wildman–Crippen LogP) is 8.03. The minimum absolute atomic E-state index is 0.0216. The summed E-state index contributed by atoms with van der Waals surface area (Å²) in [6.07, 6.45) is 4.11. The van der Waals surface area contributed by atoms with E-state index < -0.39 is 13.7 Å². The fourth-order valence-electron chi connectivity index (χ4n) is 5.03. The van der Waals surface area contributed by atoms with Gasteiger partial charge in [0.25, 0.3) is 0 Å². The molecule has 0 aromatic heterocycles. The van der Waals surface area contributed by atoms with Gasteiger partial charge in [0.2, 0.25) is 8.32 Å². The van der Waals surface area contributed by atoms with Crippen LogP contribution in [-0.2, 0) is 15.0 Å². The van der Waals surface area contributed by atoms with Gasteiger partial charge in [-0.25, -0.2) is 0 Å². The van der Waals surface area contributed by atoms with E-state index in [2.05, 4.69) is 66.8 Å². The lowest BCUT2D eigenvalue weighted by Crippen LogP contribution is -2.48. The summed E-state index contributed by atoms with van der Waals surface area (Å²) in [6.45, 7) is 21.6. The van der Waals surface area contributed by atoms with Crippen molar-refractivity contribution in [3.05, 3.63) is 23.3 Å². The molecule has 1 heterocycles. The van der Waals surface area contributed by atoms with Crippen molar-refractivity contribution in [3.63, 3.8) is 0 Å². The molecule has 4 nitrogen and oxygen atoms in total. The van der Waals surface area contributed by atoms with E-state index in [0.29, 0.717) is 18.6 Å². The number of carbonyl (C=O) groups is 2. The maximum absolute atomic E-state index is 13.3. The van der Waals surface area contributed by atoms with Crippen LogP contribution in [0.2, 0.25) is 18.1 Å². The van der Waals surface area contributed by atoms with Crippen molar-refractivity contribution < 1.29 is 18.8 Å². The summed E-state index contributed by atoms with van der Waals surface area (Å²) in [6, 6.07) is 4.15. The Morgan fingerprint density at radius 2 is 1.86 bits per heavy atom. The Balaban J connectivity index is 2.16. The minimum atomic E-state index is -2.18. The normalized spacial score (nSPS) is 22.2. The van der Waals surface area contributed by atoms with Crippen molar-refractivity contribution in [2.75, 3.05) is 5.75 Å². The van der Waals surface area contributed by atoms with Gasteiger partial charge in [0.05, 0.1) is 5.41 Å². The summed E-state index contributed by atoms with van der Waals surface area (Å²) in [5.41, 5.74) is 0.911. The van der Waals surface area contributed by atoms with Crippen LogP contribution < -0.4 is 9.16 Å². The first kappa shape index (κ1) is 28.3. The molecular formula is C29H46O4SSi. The van der Waals surface area contributed by atoms with E-state index in [4.69, 9.17) is 9.16 Å². The molecule has 2 atom stereocenters. The highest BCUT2D eigenvalue weighted by Gasteiger charge is 2.49. The lowest BCUT2D eigenvalue weighted by Gasteiger charge is -2.48. The Hall–Kier alpha value is -1.27. The minimum Gasteiger partial charge on any atom is -0.543 e. The lowest BCUT2D eigenvalue weighted by atomic mass is 9.66. The van der Waals surface area contributed by atoms with Crippen molar-refractivity contribution in [1.29, 1.82) is 0 Å². The SMILES string of the molecule is CCCCSC(=O)C(C)(C)c1cc2c(c(O[Si](C)(C)C(C)(C)C)c1)[C@@H]1CC(=O)CC[C@H]1C(C)(C)O2. The van der Waals surface area contributed by atoms with E-state index in [1.165, 1.54) is 11.8 Å². The smallest absolute Gasteiger partial charge is 0.250 e. The third-order valence-corrected chi connectivity index (χ3v) is 14.2. The standard InChI is InChI=1S/C29H46O4SSi/c1-11-12-15-34-26(31)28(5,6)19-16-23-25(24(17-19)33-35(9,10)27(2,3)4)21-18-20(30)13-14-22(21)29(7,8)32-23/h16-17,21-22H,11-15,18H2,1-10H3/t21-,22-/m1/s1. The van der Waals surface area contributed by atoms with Gasteiger partial charge in [0.1, 0.15) is 22.9 Å². The Bertz CT molecular complexity index is 974. The highest BCUT2D eigenvalue weighted by Crippen LogP contribution is 2.55. The molecule has 1 aliphatic carbocycles. The molecule has 1 fully saturated rings. The number of benzene rings is 1. The molecule has 3 rings (SSSR count). The van der Waals surface area contributed by atoms with Crippen molar-refractivity contribution >= 4 is 31.0 Å². The van der Waals surface area contributed by atoms with E-state index in [0.717, 1.165) is 47.6 Å². The van der Waals surface area contributed by atoms with E-state index in [1.807, 2.05) is 13.8 Å². The van der Waals surface area contributed by atoms with E-state index in [-0.39, 0.29) is 27.6 Å². The van der Waals surface area contributed by atoms with Gasteiger partial charge < -0.3 is 9.16 Å². The number of fused-ring (bicyclic) bond motifs is 3. The molecule has 6 heteroatoms. The molecule has 196 valence electrons. The van der Waals surface area contributed by atoms with Gasteiger partial charge >= 0.3 is 0 Å². The summed E-state index contributed by atoms with van der Waals surface area (Å²) in [7, 11) is -2.18. The number of thioether (sulfide) groups is 1. The number of ketones is 1. The molecule has 35 heavy (non-hydrogen) atoms. The number of carbonyl (C=O) groups excluding carboxylic acids is 2. The van der Waals surface area contributed by atoms with Gasteiger partial charge in [-0.2, -0.15) is 0 Å². The van der Waals surface area contributed by atoms with E-state index >= 15 is 0 Å². The van der Waals surface area contributed by atoms with Crippen molar-refractivity contribution in [2.45, 2.75) is 123 Å². The second-order valence-corrected chi connectivity index (χ2v) is 18.9. The average molecular weight is 519 g/mol. The fraction of sp³-hybridized carbons (Fsp3) is 0.724. The van der Waals surface area contributed by atoms with Crippen molar-refractivity contribution in [2.24, 2.45) is 5.92 Å². The van der Waals surface area contributed by atoms with Crippen molar-refractivity contribution in [1.82, 2.24) is 0 Å². The summed E-state index contributed by atoms with van der Waals surface area (Å²) >= 11 is 1.43. The highest BCUT2D eigenvalue weighted by molar-refractivity contribution is 8.13. The first-order chi connectivity index (χ1) is 16.0.